The first-order valence-electron chi connectivity index (χ1n) is 5.78. The highest BCUT2D eigenvalue weighted by atomic mass is 16.5. The van der Waals surface area contributed by atoms with Crippen LogP contribution in [0.25, 0.3) is 0 Å². The second kappa shape index (κ2) is 6.48. The fourth-order valence-electron chi connectivity index (χ4n) is 1.89. The van der Waals surface area contributed by atoms with E-state index in [-0.39, 0.29) is 17.8 Å². The van der Waals surface area contributed by atoms with Gasteiger partial charge in [-0.1, -0.05) is 0 Å². The van der Waals surface area contributed by atoms with Crippen molar-refractivity contribution in [2.45, 2.75) is 19.8 Å². The summed E-state index contributed by atoms with van der Waals surface area (Å²) < 4.78 is 4.97. The van der Waals surface area contributed by atoms with Gasteiger partial charge in [-0.3, -0.25) is 9.59 Å². The highest BCUT2D eigenvalue weighted by Gasteiger charge is 2.27. The number of esters is 1. The molecule has 5 nitrogen and oxygen atoms in total. The molecular weight excluding hydrogens is 208 g/mol. The average Bonchev–Trinajstić information content (AvgIpc) is 2.30. The van der Waals surface area contributed by atoms with Crippen molar-refractivity contribution in [3.8, 4) is 0 Å². The number of likely N-dealkylation sites (N-methyl/N-ethyl adjacent to an activating group) is 1. The Morgan fingerprint density at radius 2 is 2.00 bits per heavy atom. The SMILES string of the molecule is CCOC(=O)C1CCN(C(=O)CNC)CC1. The Kier molecular flexibility index (Phi) is 5.25. The normalized spacial score (nSPS) is 17.2. The van der Waals surface area contributed by atoms with Gasteiger partial charge in [0.05, 0.1) is 19.1 Å². The third-order valence-electron chi connectivity index (χ3n) is 2.80. The summed E-state index contributed by atoms with van der Waals surface area (Å²) in [7, 11) is 1.75. The maximum atomic E-state index is 11.5. The minimum absolute atomic E-state index is 0.0291. The minimum atomic E-state index is -0.122. The highest BCUT2D eigenvalue weighted by Crippen LogP contribution is 2.18. The number of hydrogen-bond donors (Lipinski definition) is 1. The van der Waals surface area contributed by atoms with Crippen molar-refractivity contribution < 1.29 is 14.3 Å². The lowest BCUT2D eigenvalue weighted by Crippen LogP contribution is -2.43. The van der Waals surface area contributed by atoms with Crippen LogP contribution in [0.5, 0.6) is 0 Å². The van der Waals surface area contributed by atoms with Crippen molar-refractivity contribution >= 4 is 11.9 Å². The summed E-state index contributed by atoms with van der Waals surface area (Å²) in [5, 5.41) is 2.84. The average molecular weight is 228 g/mol. The molecule has 1 rings (SSSR count). The number of nitrogens with one attached hydrogen (secondary N) is 1. The zero-order valence-corrected chi connectivity index (χ0v) is 9.99. The lowest BCUT2D eigenvalue weighted by molar-refractivity contribution is -0.151. The van der Waals surface area contributed by atoms with Crippen molar-refractivity contribution in [3.05, 3.63) is 0 Å². The van der Waals surface area contributed by atoms with E-state index in [0.29, 0.717) is 39.1 Å². The van der Waals surface area contributed by atoms with E-state index >= 15 is 0 Å². The summed E-state index contributed by atoms with van der Waals surface area (Å²) in [4.78, 5) is 24.8. The molecule has 0 spiro atoms. The van der Waals surface area contributed by atoms with Gasteiger partial charge in [0.15, 0.2) is 0 Å². The third kappa shape index (κ3) is 3.48. The van der Waals surface area contributed by atoms with Crippen LogP contribution in [0, 0.1) is 5.92 Å². The molecule has 1 saturated heterocycles. The summed E-state index contributed by atoms with van der Waals surface area (Å²) >= 11 is 0. The third-order valence-corrected chi connectivity index (χ3v) is 2.80. The zero-order chi connectivity index (χ0) is 12.0. The molecule has 16 heavy (non-hydrogen) atoms. The van der Waals surface area contributed by atoms with Gasteiger partial charge < -0.3 is 15.0 Å². The summed E-state index contributed by atoms with van der Waals surface area (Å²) in [6.45, 7) is 3.92. The number of piperidine rings is 1. The standard InChI is InChI=1S/C11H20N2O3/c1-3-16-11(15)9-4-6-13(7-5-9)10(14)8-12-2/h9,12H,3-8H2,1-2H3. The number of carbonyl (C=O) groups excluding carboxylic acids is 2. The molecule has 0 saturated carbocycles. The lowest BCUT2D eigenvalue weighted by atomic mass is 9.97. The number of amides is 1. The number of hydrogen-bond acceptors (Lipinski definition) is 4. The van der Waals surface area contributed by atoms with Gasteiger partial charge in [0.2, 0.25) is 5.91 Å². The molecule has 1 fully saturated rings. The monoisotopic (exact) mass is 228 g/mol. The molecule has 5 heteroatoms. The van der Waals surface area contributed by atoms with Gasteiger partial charge in [-0.05, 0) is 26.8 Å². The van der Waals surface area contributed by atoms with Crippen molar-refractivity contribution in [3.63, 3.8) is 0 Å². The van der Waals surface area contributed by atoms with Crippen LogP contribution in [0.2, 0.25) is 0 Å². The summed E-state index contributed by atoms with van der Waals surface area (Å²) in [6.07, 6.45) is 1.43. The predicted octanol–water partition coefficient (Wildman–Crippen LogP) is 0.00750. The van der Waals surface area contributed by atoms with E-state index in [2.05, 4.69) is 5.32 Å². The second-order valence-electron chi connectivity index (χ2n) is 3.94. The van der Waals surface area contributed by atoms with Crippen molar-refractivity contribution in [2.24, 2.45) is 5.92 Å². The molecule has 0 radical (unpaired) electrons. The van der Waals surface area contributed by atoms with E-state index in [1.807, 2.05) is 6.92 Å². The molecule has 0 aromatic carbocycles. The fraction of sp³-hybridized carbons (Fsp3) is 0.818. The molecule has 1 N–H and O–H groups in total. The maximum Gasteiger partial charge on any atom is 0.309 e. The summed E-state index contributed by atoms with van der Waals surface area (Å²) in [5.74, 6) is -0.0494. The van der Waals surface area contributed by atoms with Crippen molar-refractivity contribution in [2.75, 3.05) is 33.3 Å². The Balaban J connectivity index is 2.33. The Morgan fingerprint density at radius 1 is 1.38 bits per heavy atom. The van der Waals surface area contributed by atoms with E-state index in [1.165, 1.54) is 0 Å². The Morgan fingerprint density at radius 3 is 2.50 bits per heavy atom. The van der Waals surface area contributed by atoms with Gasteiger partial charge in [0, 0.05) is 13.1 Å². The smallest absolute Gasteiger partial charge is 0.309 e. The molecule has 0 aromatic rings. The quantitative estimate of drug-likeness (QED) is 0.688. The molecule has 1 aliphatic heterocycles. The van der Waals surface area contributed by atoms with Gasteiger partial charge in [-0.2, -0.15) is 0 Å². The summed E-state index contributed by atoms with van der Waals surface area (Å²) in [5.41, 5.74) is 0. The van der Waals surface area contributed by atoms with Crippen LogP contribution in [0.4, 0.5) is 0 Å². The van der Waals surface area contributed by atoms with Crippen LogP contribution >= 0.6 is 0 Å². The van der Waals surface area contributed by atoms with Crippen molar-refractivity contribution in [1.29, 1.82) is 0 Å². The van der Waals surface area contributed by atoms with Crippen LogP contribution in [0.1, 0.15) is 19.8 Å². The minimum Gasteiger partial charge on any atom is -0.466 e. The molecule has 0 atom stereocenters. The molecule has 1 amide bonds. The van der Waals surface area contributed by atoms with E-state index in [1.54, 1.807) is 11.9 Å². The first-order valence-corrected chi connectivity index (χ1v) is 5.78. The molecular formula is C11H20N2O3. The molecule has 0 aliphatic carbocycles. The van der Waals surface area contributed by atoms with Gasteiger partial charge in [-0.15, -0.1) is 0 Å². The van der Waals surface area contributed by atoms with Crippen LogP contribution in [-0.2, 0) is 14.3 Å². The van der Waals surface area contributed by atoms with Gasteiger partial charge >= 0.3 is 5.97 Å². The van der Waals surface area contributed by atoms with Crippen molar-refractivity contribution in [1.82, 2.24) is 10.2 Å². The van der Waals surface area contributed by atoms with Crippen LogP contribution < -0.4 is 5.32 Å². The molecule has 0 bridgehead atoms. The molecule has 0 aromatic heterocycles. The van der Waals surface area contributed by atoms with Gasteiger partial charge in [-0.25, -0.2) is 0 Å². The molecule has 0 unspecified atom stereocenters. The van der Waals surface area contributed by atoms with Gasteiger partial charge in [0.25, 0.3) is 0 Å². The lowest BCUT2D eigenvalue weighted by Gasteiger charge is -2.30. The second-order valence-corrected chi connectivity index (χ2v) is 3.94. The molecule has 1 aliphatic rings. The number of nitrogens with zero attached hydrogens (tertiary/aromatic N) is 1. The van der Waals surface area contributed by atoms with Crippen LogP contribution in [0.15, 0.2) is 0 Å². The van der Waals surface area contributed by atoms with Crippen LogP contribution in [-0.4, -0.2) is 50.1 Å². The van der Waals surface area contributed by atoms with Gasteiger partial charge in [0.1, 0.15) is 0 Å². The molecule has 92 valence electrons. The summed E-state index contributed by atoms with van der Waals surface area (Å²) in [6, 6.07) is 0. The van der Waals surface area contributed by atoms with E-state index < -0.39 is 0 Å². The van der Waals surface area contributed by atoms with Crippen LogP contribution in [0.3, 0.4) is 0 Å². The first-order chi connectivity index (χ1) is 7.69. The fourth-order valence-corrected chi connectivity index (χ4v) is 1.89. The predicted molar refractivity (Wildman–Crippen MR) is 59.9 cm³/mol. The van der Waals surface area contributed by atoms with E-state index in [9.17, 15) is 9.59 Å². The Bertz CT molecular complexity index is 222. The van der Waals surface area contributed by atoms with E-state index in [0.717, 1.165) is 0 Å². The molecule has 1 heterocycles. The maximum absolute atomic E-state index is 11.5. The zero-order valence-electron chi connectivity index (χ0n) is 9.99. The number of carbonyl (C=O) groups is 2. The Hall–Kier alpha value is -1.10. The largest absolute Gasteiger partial charge is 0.466 e. The first kappa shape index (κ1) is 13.0. The number of rotatable bonds is 4. The topological polar surface area (TPSA) is 58.6 Å². The number of likely N-dealkylation sites (tertiary alicyclic amines) is 1. The number of ether oxygens (including phenoxy) is 1. The Labute approximate surface area is 96.1 Å². The highest BCUT2D eigenvalue weighted by molar-refractivity contribution is 5.79. The van der Waals surface area contributed by atoms with E-state index in [4.69, 9.17) is 4.74 Å².